The van der Waals surface area contributed by atoms with Crippen LogP contribution in [0.25, 0.3) is 0 Å². The van der Waals surface area contributed by atoms with Crippen LogP contribution in [-0.4, -0.2) is 29.5 Å². The molecule has 5 heteroatoms. The van der Waals surface area contributed by atoms with Crippen molar-refractivity contribution >= 4 is 23.4 Å². The highest BCUT2D eigenvalue weighted by atomic mass is 35.5. The number of benzene rings is 1. The number of amidine groups is 1. The maximum atomic E-state index is 10.7. The molecule has 84 valence electrons. The largest absolute Gasteiger partial charge is 0.480 e. The van der Waals surface area contributed by atoms with E-state index in [1.54, 1.807) is 12.1 Å². The van der Waals surface area contributed by atoms with Crippen molar-refractivity contribution in [2.75, 3.05) is 6.54 Å². The minimum absolute atomic E-state index is 0.304. The van der Waals surface area contributed by atoms with Crippen molar-refractivity contribution in [2.24, 2.45) is 4.99 Å². The first kappa shape index (κ1) is 11.0. The summed E-state index contributed by atoms with van der Waals surface area (Å²) in [4.78, 5) is 14.8. The number of carbonyl (C=O) groups is 1. The quantitative estimate of drug-likeness (QED) is 0.835. The Morgan fingerprint density at radius 3 is 2.75 bits per heavy atom. The number of halogens is 1. The second-order valence-corrected chi connectivity index (χ2v) is 4.06. The van der Waals surface area contributed by atoms with Gasteiger partial charge in [0.15, 0.2) is 0 Å². The van der Waals surface area contributed by atoms with E-state index in [4.69, 9.17) is 16.7 Å². The van der Waals surface area contributed by atoms with Gasteiger partial charge >= 0.3 is 5.97 Å². The van der Waals surface area contributed by atoms with E-state index in [0.717, 1.165) is 11.4 Å². The molecule has 1 aromatic carbocycles. The summed E-state index contributed by atoms with van der Waals surface area (Å²) in [6.45, 7) is 0.304. The number of hydrogen-bond donors (Lipinski definition) is 2. The molecule has 0 bridgehead atoms. The van der Waals surface area contributed by atoms with Crippen LogP contribution in [0, 0.1) is 0 Å². The fourth-order valence-corrected chi connectivity index (χ4v) is 1.66. The predicted octanol–water partition coefficient (Wildman–Crippen LogP) is 1.34. The van der Waals surface area contributed by atoms with Crippen LogP contribution in [0.3, 0.4) is 0 Å². The number of carboxylic acids is 1. The van der Waals surface area contributed by atoms with Gasteiger partial charge in [-0.3, -0.25) is 4.99 Å². The van der Waals surface area contributed by atoms with Crippen LogP contribution in [0.4, 0.5) is 0 Å². The van der Waals surface area contributed by atoms with Crippen molar-refractivity contribution < 1.29 is 9.90 Å². The molecule has 1 aromatic rings. The van der Waals surface area contributed by atoms with Crippen LogP contribution in [0.15, 0.2) is 29.3 Å². The van der Waals surface area contributed by atoms with Crippen molar-refractivity contribution in [1.29, 1.82) is 0 Å². The molecule has 1 aliphatic heterocycles. The monoisotopic (exact) mass is 238 g/mol. The van der Waals surface area contributed by atoms with E-state index in [1.807, 2.05) is 12.1 Å². The average Bonchev–Trinajstić information content (AvgIpc) is 2.70. The second kappa shape index (κ2) is 4.53. The summed E-state index contributed by atoms with van der Waals surface area (Å²) in [7, 11) is 0. The van der Waals surface area contributed by atoms with E-state index in [2.05, 4.69) is 10.3 Å². The molecule has 1 aliphatic rings. The average molecular weight is 239 g/mol. The Morgan fingerprint density at radius 1 is 1.50 bits per heavy atom. The second-order valence-electron chi connectivity index (χ2n) is 3.63. The first-order valence-corrected chi connectivity index (χ1v) is 5.30. The van der Waals surface area contributed by atoms with Gasteiger partial charge in [-0.2, -0.15) is 0 Å². The Morgan fingerprint density at radius 2 is 2.19 bits per heavy atom. The van der Waals surface area contributed by atoms with Crippen LogP contribution in [0.2, 0.25) is 5.02 Å². The number of aliphatic carboxylic acids is 1. The van der Waals surface area contributed by atoms with Crippen molar-refractivity contribution in [3.05, 3.63) is 34.9 Å². The van der Waals surface area contributed by atoms with Crippen molar-refractivity contribution in [1.82, 2.24) is 5.32 Å². The minimum atomic E-state index is -0.866. The van der Waals surface area contributed by atoms with E-state index in [0.29, 0.717) is 18.0 Å². The molecule has 1 heterocycles. The molecule has 4 nitrogen and oxygen atoms in total. The topological polar surface area (TPSA) is 61.7 Å². The Bertz CT molecular complexity index is 428. The van der Waals surface area contributed by atoms with Gasteiger partial charge in [-0.25, -0.2) is 4.79 Å². The molecule has 1 atom stereocenters. The smallest absolute Gasteiger partial charge is 0.328 e. The molecule has 16 heavy (non-hydrogen) atoms. The third kappa shape index (κ3) is 2.52. The molecule has 0 radical (unpaired) electrons. The molecule has 0 aliphatic carbocycles. The van der Waals surface area contributed by atoms with Crippen LogP contribution in [0.1, 0.15) is 5.56 Å². The zero-order valence-corrected chi connectivity index (χ0v) is 9.24. The lowest BCUT2D eigenvalue weighted by Gasteiger charge is -2.06. The molecular formula is C11H11ClN2O2. The lowest BCUT2D eigenvalue weighted by atomic mass is 10.1. The standard InChI is InChI=1S/C11H11ClN2O2/c12-8-3-1-7(2-4-8)5-10-13-6-9(14-10)11(15)16/h1-4,9H,5-6H2,(H,13,14)(H,15,16)/t9-/m1/s1. The highest BCUT2D eigenvalue weighted by molar-refractivity contribution is 6.30. The molecule has 0 aromatic heterocycles. The molecule has 0 unspecified atom stereocenters. The Kier molecular flexibility index (Phi) is 3.10. The van der Waals surface area contributed by atoms with Gasteiger partial charge in [0.05, 0.1) is 6.54 Å². The normalized spacial score (nSPS) is 19.1. The minimum Gasteiger partial charge on any atom is -0.480 e. The van der Waals surface area contributed by atoms with Crippen molar-refractivity contribution in [3.8, 4) is 0 Å². The van der Waals surface area contributed by atoms with Gasteiger partial charge in [0.2, 0.25) is 0 Å². The number of rotatable bonds is 3. The third-order valence-corrected chi connectivity index (χ3v) is 2.64. The molecule has 0 saturated carbocycles. The van der Waals surface area contributed by atoms with E-state index in [1.165, 1.54) is 0 Å². The third-order valence-electron chi connectivity index (χ3n) is 2.39. The fourth-order valence-electron chi connectivity index (χ4n) is 1.54. The first-order valence-electron chi connectivity index (χ1n) is 4.92. The maximum absolute atomic E-state index is 10.7. The predicted molar refractivity (Wildman–Crippen MR) is 62.0 cm³/mol. The highest BCUT2D eigenvalue weighted by Crippen LogP contribution is 2.11. The van der Waals surface area contributed by atoms with Crippen LogP contribution in [0.5, 0.6) is 0 Å². The SMILES string of the molecule is O=C(O)[C@H]1CN=C(Cc2ccc(Cl)cc2)N1. The van der Waals surface area contributed by atoms with Gasteiger partial charge in [0, 0.05) is 11.4 Å². The summed E-state index contributed by atoms with van der Waals surface area (Å²) in [6, 6.07) is 6.84. The Balaban J connectivity index is 1.97. The van der Waals surface area contributed by atoms with Gasteiger partial charge < -0.3 is 10.4 Å². The number of carboxylic acid groups (broad SMARTS) is 1. The summed E-state index contributed by atoms with van der Waals surface area (Å²) < 4.78 is 0. The van der Waals surface area contributed by atoms with E-state index >= 15 is 0 Å². The van der Waals surface area contributed by atoms with Crippen LogP contribution < -0.4 is 5.32 Å². The zero-order chi connectivity index (χ0) is 11.5. The van der Waals surface area contributed by atoms with E-state index in [-0.39, 0.29) is 0 Å². The number of aliphatic imine (C=N–C) groups is 1. The number of nitrogens with one attached hydrogen (secondary N) is 1. The summed E-state index contributed by atoms with van der Waals surface area (Å²) in [6.07, 6.45) is 0.612. The van der Waals surface area contributed by atoms with Gasteiger partial charge in [-0.05, 0) is 17.7 Å². The molecular weight excluding hydrogens is 228 g/mol. The van der Waals surface area contributed by atoms with Crippen molar-refractivity contribution in [2.45, 2.75) is 12.5 Å². The summed E-state index contributed by atoms with van der Waals surface area (Å²) >= 11 is 5.77. The summed E-state index contributed by atoms with van der Waals surface area (Å²) in [5.74, 6) is -0.149. The van der Waals surface area contributed by atoms with E-state index in [9.17, 15) is 4.79 Å². The molecule has 0 spiro atoms. The Hall–Kier alpha value is -1.55. The Labute approximate surface area is 98.0 Å². The summed E-state index contributed by atoms with van der Waals surface area (Å²) in [5, 5.41) is 12.3. The highest BCUT2D eigenvalue weighted by Gasteiger charge is 2.23. The summed E-state index contributed by atoms with van der Waals surface area (Å²) in [5.41, 5.74) is 1.06. The van der Waals surface area contributed by atoms with E-state index < -0.39 is 12.0 Å². The fraction of sp³-hybridized carbons (Fsp3) is 0.273. The van der Waals surface area contributed by atoms with Gasteiger partial charge in [0.25, 0.3) is 0 Å². The number of nitrogens with zero attached hydrogens (tertiary/aromatic N) is 1. The maximum Gasteiger partial charge on any atom is 0.328 e. The number of hydrogen-bond acceptors (Lipinski definition) is 3. The van der Waals surface area contributed by atoms with Gasteiger partial charge in [-0.1, -0.05) is 23.7 Å². The van der Waals surface area contributed by atoms with Gasteiger partial charge in [0.1, 0.15) is 11.9 Å². The van der Waals surface area contributed by atoms with Crippen molar-refractivity contribution in [3.63, 3.8) is 0 Å². The molecule has 0 saturated heterocycles. The van der Waals surface area contributed by atoms with Crippen LogP contribution in [-0.2, 0) is 11.2 Å². The molecule has 2 rings (SSSR count). The first-order chi connectivity index (χ1) is 7.65. The molecule has 0 amide bonds. The molecule has 2 N–H and O–H groups in total. The lowest BCUT2D eigenvalue weighted by molar-refractivity contribution is -0.138. The zero-order valence-electron chi connectivity index (χ0n) is 8.48. The molecule has 0 fully saturated rings. The van der Waals surface area contributed by atoms with Crippen LogP contribution >= 0.6 is 11.6 Å². The lowest BCUT2D eigenvalue weighted by Crippen LogP contribution is -2.37. The van der Waals surface area contributed by atoms with Gasteiger partial charge in [-0.15, -0.1) is 0 Å².